The van der Waals surface area contributed by atoms with Gasteiger partial charge in [0, 0.05) is 5.56 Å². The summed E-state index contributed by atoms with van der Waals surface area (Å²) in [5, 5.41) is 6.85. The van der Waals surface area contributed by atoms with Gasteiger partial charge in [-0.1, -0.05) is 28.4 Å². The number of fused-ring (bicyclic) bond motifs is 1. The van der Waals surface area contributed by atoms with Crippen LogP contribution in [0.1, 0.15) is 18.2 Å². The zero-order valence-corrected chi connectivity index (χ0v) is 17.5. The van der Waals surface area contributed by atoms with Crippen LogP contribution in [0.5, 0.6) is 11.5 Å². The quantitative estimate of drug-likeness (QED) is 0.388. The number of aryl methyl sites for hydroxylation is 1. The number of nitrogens with one attached hydrogen (secondary N) is 1. The number of amides is 1. The third-order valence-electron chi connectivity index (χ3n) is 3.90. The predicted octanol–water partition coefficient (Wildman–Crippen LogP) is 3.35. The molecule has 2 heterocycles. The second-order valence-corrected chi connectivity index (χ2v) is 6.93. The van der Waals surface area contributed by atoms with E-state index in [2.05, 4.69) is 15.5 Å². The maximum Gasteiger partial charge on any atom is 0.347 e. The average Bonchev–Trinajstić information content (AvgIpc) is 3.18. The van der Waals surface area contributed by atoms with Crippen molar-refractivity contribution in [2.75, 3.05) is 25.3 Å². The molecule has 0 saturated heterocycles. The van der Waals surface area contributed by atoms with Crippen LogP contribution in [0.4, 0.5) is 5.82 Å². The van der Waals surface area contributed by atoms with Gasteiger partial charge in [0.1, 0.15) is 0 Å². The van der Waals surface area contributed by atoms with Crippen molar-refractivity contribution in [3.05, 3.63) is 45.6 Å². The van der Waals surface area contributed by atoms with Crippen LogP contribution in [0.25, 0.3) is 0 Å². The molecule has 1 aliphatic heterocycles. The highest BCUT2D eigenvalue weighted by Gasteiger charge is 2.15. The molecular formula is C19H17Cl2N3O6. The second-order valence-electron chi connectivity index (χ2n) is 6.11. The molecule has 2 aromatic rings. The van der Waals surface area contributed by atoms with Crippen LogP contribution < -0.4 is 14.8 Å². The lowest BCUT2D eigenvalue weighted by molar-refractivity contribution is -0.151. The monoisotopic (exact) mass is 453 g/mol. The Labute approximate surface area is 181 Å². The van der Waals surface area contributed by atoms with Gasteiger partial charge in [0.05, 0.1) is 21.5 Å². The minimum absolute atomic E-state index is 0.125. The summed E-state index contributed by atoms with van der Waals surface area (Å²) in [4.78, 5) is 32.7. The molecule has 0 atom stereocenters. The van der Waals surface area contributed by atoms with Gasteiger partial charge in [0.2, 0.25) is 13.4 Å². The summed E-state index contributed by atoms with van der Waals surface area (Å²) in [7, 11) is 0. The Kier molecular flexibility index (Phi) is 6.96. The van der Waals surface area contributed by atoms with E-state index in [9.17, 15) is 9.59 Å². The Morgan fingerprint density at radius 2 is 1.93 bits per heavy atom. The number of hydrogen-bond donors (Lipinski definition) is 1. The lowest BCUT2D eigenvalue weighted by Crippen LogP contribution is -2.23. The van der Waals surface area contributed by atoms with E-state index in [-0.39, 0.29) is 17.6 Å². The molecule has 1 aromatic carbocycles. The molecule has 1 amide bonds. The van der Waals surface area contributed by atoms with Crippen LogP contribution in [0.2, 0.25) is 10.0 Å². The molecular weight excluding hydrogens is 437 g/mol. The van der Waals surface area contributed by atoms with E-state index in [4.69, 9.17) is 42.3 Å². The maximum atomic E-state index is 11.9. The number of halogens is 2. The minimum atomic E-state index is -0.765. The van der Waals surface area contributed by atoms with Gasteiger partial charge in [-0.05, 0) is 38.1 Å². The molecule has 158 valence electrons. The number of esters is 1. The second kappa shape index (κ2) is 9.64. The fourth-order valence-corrected chi connectivity index (χ4v) is 2.76. The number of carbonyl (C=O) groups is 2. The highest BCUT2D eigenvalue weighted by Crippen LogP contribution is 2.32. The van der Waals surface area contributed by atoms with E-state index >= 15 is 0 Å². The first-order valence-electron chi connectivity index (χ1n) is 8.68. The molecule has 1 aliphatic rings. The van der Waals surface area contributed by atoms with Crippen LogP contribution in [0, 0.1) is 6.92 Å². The van der Waals surface area contributed by atoms with Crippen molar-refractivity contribution >= 4 is 46.6 Å². The summed E-state index contributed by atoms with van der Waals surface area (Å²) in [6, 6.07) is 6.76. The lowest BCUT2D eigenvalue weighted by Gasteiger charge is -2.09. The number of pyridine rings is 1. The van der Waals surface area contributed by atoms with Crippen molar-refractivity contribution in [1.82, 2.24) is 4.98 Å². The predicted molar refractivity (Wildman–Crippen MR) is 109 cm³/mol. The van der Waals surface area contributed by atoms with Crippen LogP contribution in [0.3, 0.4) is 0 Å². The first-order chi connectivity index (χ1) is 14.3. The van der Waals surface area contributed by atoms with Gasteiger partial charge < -0.3 is 24.4 Å². The molecule has 0 spiro atoms. The van der Waals surface area contributed by atoms with Crippen LogP contribution in [-0.4, -0.2) is 42.6 Å². The van der Waals surface area contributed by atoms with Gasteiger partial charge in [-0.3, -0.25) is 4.79 Å². The first kappa shape index (κ1) is 21.7. The Morgan fingerprint density at radius 3 is 2.73 bits per heavy atom. The number of carbonyl (C=O) groups excluding carboxylic acids is 2. The van der Waals surface area contributed by atoms with Gasteiger partial charge in [-0.15, -0.1) is 0 Å². The maximum absolute atomic E-state index is 11.9. The van der Waals surface area contributed by atoms with Crippen molar-refractivity contribution in [1.29, 1.82) is 0 Å². The van der Waals surface area contributed by atoms with Crippen molar-refractivity contribution < 1.29 is 28.6 Å². The molecule has 1 N–H and O–H groups in total. The molecule has 30 heavy (non-hydrogen) atoms. The molecule has 0 fully saturated rings. The molecule has 0 saturated carbocycles. The number of anilines is 1. The van der Waals surface area contributed by atoms with Crippen molar-refractivity contribution in [3.8, 4) is 11.5 Å². The number of ether oxygens (including phenoxy) is 3. The number of aromatic nitrogens is 1. The SMILES string of the molecule is C/C(=N/OCC(=O)OCC(=O)Nc1nc(C)c(Cl)cc1Cl)c1ccc2c(c1)OCO2. The van der Waals surface area contributed by atoms with E-state index in [0.29, 0.717) is 27.9 Å². The third-order valence-corrected chi connectivity index (χ3v) is 4.57. The van der Waals surface area contributed by atoms with Crippen molar-refractivity contribution in [2.24, 2.45) is 5.16 Å². The lowest BCUT2D eigenvalue weighted by atomic mass is 10.1. The van der Waals surface area contributed by atoms with E-state index in [1.807, 2.05) is 0 Å². The van der Waals surface area contributed by atoms with Crippen LogP contribution >= 0.6 is 23.2 Å². The molecule has 0 bridgehead atoms. The van der Waals surface area contributed by atoms with Crippen molar-refractivity contribution in [2.45, 2.75) is 13.8 Å². The normalized spacial score (nSPS) is 12.5. The van der Waals surface area contributed by atoms with Crippen LogP contribution in [-0.2, 0) is 19.2 Å². The zero-order chi connectivity index (χ0) is 21.7. The Morgan fingerprint density at radius 1 is 1.17 bits per heavy atom. The Hall–Kier alpha value is -3.04. The highest BCUT2D eigenvalue weighted by atomic mass is 35.5. The van der Waals surface area contributed by atoms with Gasteiger partial charge in [-0.25, -0.2) is 9.78 Å². The Balaban J connectivity index is 1.44. The van der Waals surface area contributed by atoms with Gasteiger partial charge in [-0.2, -0.15) is 0 Å². The summed E-state index contributed by atoms with van der Waals surface area (Å²) in [5.41, 5.74) is 1.77. The number of rotatable bonds is 7. The zero-order valence-electron chi connectivity index (χ0n) is 16.0. The van der Waals surface area contributed by atoms with Crippen LogP contribution in [0.15, 0.2) is 29.4 Å². The van der Waals surface area contributed by atoms with Gasteiger partial charge in [0.15, 0.2) is 23.9 Å². The van der Waals surface area contributed by atoms with Crippen molar-refractivity contribution in [3.63, 3.8) is 0 Å². The average molecular weight is 454 g/mol. The van der Waals surface area contributed by atoms with Gasteiger partial charge in [0.25, 0.3) is 5.91 Å². The first-order valence-corrected chi connectivity index (χ1v) is 9.44. The third kappa shape index (κ3) is 5.52. The molecule has 1 aromatic heterocycles. The molecule has 3 rings (SSSR count). The standard InChI is InChI=1S/C19H17Cl2N3O6/c1-10(12-3-4-15-16(5-12)29-9-28-15)24-30-8-18(26)27-7-17(25)23-19-14(21)6-13(20)11(2)22-19/h3-6H,7-9H2,1-2H3,(H,22,23,25)/b24-10-. The summed E-state index contributed by atoms with van der Waals surface area (Å²) in [6.45, 7) is 2.55. The summed E-state index contributed by atoms with van der Waals surface area (Å²) in [6.07, 6.45) is 0. The summed E-state index contributed by atoms with van der Waals surface area (Å²) >= 11 is 11.9. The number of oxime groups is 1. The molecule has 0 unspecified atom stereocenters. The molecule has 11 heteroatoms. The topological polar surface area (TPSA) is 108 Å². The highest BCUT2D eigenvalue weighted by molar-refractivity contribution is 6.36. The smallest absolute Gasteiger partial charge is 0.347 e. The molecule has 9 nitrogen and oxygen atoms in total. The summed E-state index contributed by atoms with van der Waals surface area (Å²) < 4.78 is 15.4. The van der Waals surface area contributed by atoms with E-state index in [1.54, 1.807) is 32.0 Å². The Bertz CT molecular complexity index is 1010. The fourth-order valence-electron chi connectivity index (χ4n) is 2.36. The van der Waals surface area contributed by atoms with E-state index in [0.717, 1.165) is 5.56 Å². The number of benzene rings is 1. The molecule has 0 aliphatic carbocycles. The van der Waals surface area contributed by atoms with Gasteiger partial charge >= 0.3 is 5.97 Å². The summed E-state index contributed by atoms with van der Waals surface area (Å²) in [5.74, 6) is 0.00979. The minimum Gasteiger partial charge on any atom is -0.454 e. The number of hydrogen-bond acceptors (Lipinski definition) is 8. The molecule has 0 radical (unpaired) electrons. The fraction of sp³-hybridized carbons (Fsp3) is 0.263. The van der Waals surface area contributed by atoms with E-state index in [1.165, 1.54) is 6.07 Å². The number of nitrogens with zero attached hydrogens (tertiary/aromatic N) is 2. The largest absolute Gasteiger partial charge is 0.454 e. The van der Waals surface area contributed by atoms with E-state index < -0.39 is 25.1 Å².